The molecular formula is C14H16N2O2. The van der Waals surface area contributed by atoms with Crippen molar-refractivity contribution in [2.45, 2.75) is 38.8 Å². The molecule has 2 aliphatic heterocycles. The largest absolute Gasteiger partial charge is 0.456 e. The maximum Gasteiger partial charge on any atom is 0.354 e. The van der Waals surface area contributed by atoms with Crippen LogP contribution in [0.2, 0.25) is 0 Å². The summed E-state index contributed by atoms with van der Waals surface area (Å²) >= 11 is 0. The lowest BCUT2D eigenvalue weighted by molar-refractivity contribution is -0.140. The second-order valence-corrected chi connectivity index (χ2v) is 4.76. The van der Waals surface area contributed by atoms with Crippen molar-refractivity contribution in [2.75, 3.05) is 5.01 Å². The summed E-state index contributed by atoms with van der Waals surface area (Å²) in [6.45, 7) is 3.86. The summed E-state index contributed by atoms with van der Waals surface area (Å²) in [6.07, 6.45) is 1.33. The molecule has 0 spiro atoms. The molecule has 4 heteroatoms. The smallest absolute Gasteiger partial charge is 0.354 e. The molecule has 1 aromatic carbocycles. The molecule has 4 nitrogen and oxygen atoms in total. The maximum atomic E-state index is 11.8. The Balaban J connectivity index is 2.08. The summed E-state index contributed by atoms with van der Waals surface area (Å²) in [5.41, 5.74) is 2.87. The molecule has 0 saturated carbocycles. The zero-order valence-corrected chi connectivity index (χ0v) is 10.6. The number of anilines is 1. The van der Waals surface area contributed by atoms with Crippen molar-refractivity contribution in [3.8, 4) is 0 Å². The molecule has 0 N–H and O–H groups in total. The van der Waals surface area contributed by atoms with E-state index in [-0.39, 0.29) is 18.1 Å². The van der Waals surface area contributed by atoms with Gasteiger partial charge in [-0.05, 0) is 25.0 Å². The standard InChI is InChI=1S/C14H16N2O2/c1-3-11-14(17)18-9(2)13-8-10-6-4-5-7-12(10)16(13)15-11/h4-7,9,13H,3,8H2,1-2H3/t9-,13+/m1/s1. The van der Waals surface area contributed by atoms with Gasteiger partial charge in [-0.25, -0.2) is 4.79 Å². The van der Waals surface area contributed by atoms with Crippen LogP contribution in [0.4, 0.5) is 5.69 Å². The van der Waals surface area contributed by atoms with Gasteiger partial charge in [0.1, 0.15) is 11.8 Å². The normalized spacial score (nSPS) is 26.0. The number of benzene rings is 1. The van der Waals surface area contributed by atoms with Crippen LogP contribution in [-0.2, 0) is 16.0 Å². The van der Waals surface area contributed by atoms with Gasteiger partial charge in [0, 0.05) is 6.42 Å². The van der Waals surface area contributed by atoms with Crippen molar-refractivity contribution in [1.82, 2.24) is 0 Å². The quantitative estimate of drug-likeness (QED) is 0.711. The fraction of sp³-hybridized carbons (Fsp3) is 0.429. The van der Waals surface area contributed by atoms with Gasteiger partial charge < -0.3 is 4.74 Å². The van der Waals surface area contributed by atoms with Gasteiger partial charge >= 0.3 is 5.97 Å². The predicted octanol–water partition coefficient (Wildman–Crippen LogP) is 2.13. The van der Waals surface area contributed by atoms with Gasteiger partial charge in [0.2, 0.25) is 0 Å². The first-order valence-electron chi connectivity index (χ1n) is 6.36. The molecule has 2 atom stereocenters. The van der Waals surface area contributed by atoms with E-state index in [9.17, 15) is 4.79 Å². The Morgan fingerprint density at radius 2 is 2.22 bits per heavy atom. The van der Waals surface area contributed by atoms with Gasteiger partial charge in [0.25, 0.3) is 0 Å². The number of ether oxygens (including phenoxy) is 1. The van der Waals surface area contributed by atoms with Gasteiger partial charge in [-0.15, -0.1) is 0 Å². The Bertz CT molecular complexity index is 524. The van der Waals surface area contributed by atoms with E-state index in [1.54, 1.807) is 0 Å². The first kappa shape index (κ1) is 11.3. The fourth-order valence-corrected chi connectivity index (χ4v) is 2.59. The summed E-state index contributed by atoms with van der Waals surface area (Å²) in [5, 5.41) is 6.47. The van der Waals surface area contributed by atoms with Crippen LogP contribution >= 0.6 is 0 Å². The molecule has 2 heterocycles. The van der Waals surface area contributed by atoms with Gasteiger partial charge in [0.05, 0.1) is 11.7 Å². The number of hydrogen-bond acceptors (Lipinski definition) is 4. The molecule has 1 aromatic rings. The van der Waals surface area contributed by atoms with Crippen molar-refractivity contribution in [1.29, 1.82) is 0 Å². The van der Waals surface area contributed by atoms with E-state index in [2.05, 4.69) is 17.2 Å². The molecule has 3 rings (SSSR count). The number of carbonyl (C=O) groups excluding carboxylic acids is 1. The molecular weight excluding hydrogens is 228 g/mol. The number of para-hydroxylation sites is 1. The van der Waals surface area contributed by atoms with Crippen molar-refractivity contribution < 1.29 is 9.53 Å². The van der Waals surface area contributed by atoms with Crippen LogP contribution in [0.15, 0.2) is 29.4 Å². The van der Waals surface area contributed by atoms with Crippen LogP contribution in [0.3, 0.4) is 0 Å². The minimum absolute atomic E-state index is 0.121. The molecule has 0 aromatic heterocycles. The average Bonchev–Trinajstić information content (AvgIpc) is 2.69. The minimum atomic E-state index is -0.281. The second-order valence-electron chi connectivity index (χ2n) is 4.76. The molecule has 0 fully saturated rings. The number of hydrogen-bond donors (Lipinski definition) is 0. The monoisotopic (exact) mass is 244 g/mol. The average molecular weight is 244 g/mol. The van der Waals surface area contributed by atoms with Crippen molar-refractivity contribution in [3.05, 3.63) is 29.8 Å². The lowest BCUT2D eigenvalue weighted by atomic mass is 10.1. The number of cyclic esters (lactones) is 1. The summed E-state index contributed by atoms with van der Waals surface area (Å²) in [7, 11) is 0. The summed E-state index contributed by atoms with van der Waals surface area (Å²) in [5.74, 6) is -0.281. The van der Waals surface area contributed by atoms with Crippen molar-refractivity contribution in [2.24, 2.45) is 5.10 Å². The third kappa shape index (κ3) is 1.60. The number of esters is 1. The number of fused-ring (bicyclic) bond motifs is 3. The Labute approximate surface area is 106 Å². The van der Waals surface area contributed by atoms with E-state index in [0.29, 0.717) is 12.1 Å². The SMILES string of the molecule is CCC1=NN2c3ccccc3C[C@H]2[C@@H](C)OC1=O. The molecule has 0 unspecified atom stereocenters. The molecule has 0 amide bonds. The lowest BCUT2D eigenvalue weighted by Gasteiger charge is -2.24. The van der Waals surface area contributed by atoms with E-state index < -0.39 is 0 Å². The zero-order valence-electron chi connectivity index (χ0n) is 10.6. The van der Waals surface area contributed by atoms with Gasteiger partial charge in [0.15, 0.2) is 0 Å². The number of nitrogens with zero attached hydrogens (tertiary/aromatic N) is 2. The maximum absolute atomic E-state index is 11.8. The molecule has 0 bridgehead atoms. The van der Waals surface area contributed by atoms with Crippen LogP contribution in [-0.4, -0.2) is 23.8 Å². The summed E-state index contributed by atoms with van der Waals surface area (Å²) in [4.78, 5) is 11.8. The van der Waals surface area contributed by atoms with Crippen molar-refractivity contribution in [3.63, 3.8) is 0 Å². The topological polar surface area (TPSA) is 41.9 Å². The Hall–Kier alpha value is -1.84. The van der Waals surface area contributed by atoms with E-state index in [0.717, 1.165) is 12.1 Å². The summed E-state index contributed by atoms with van der Waals surface area (Å²) in [6, 6.07) is 8.32. The lowest BCUT2D eigenvalue weighted by Crippen LogP contribution is -2.37. The summed E-state index contributed by atoms with van der Waals surface area (Å²) < 4.78 is 5.45. The van der Waals surface area contributed by atoms with Crippen LogP contribution in [0.1, 0.15) is 25.8 Å². The third-order valence-electron chi connectivity index (χ3n) is 3.62. The molecule has 18 heavy (non-hydrogen) atoms. The number of hydrazone groups is 1. The van der Waals surface area contributed by atoms with Crippen LogP contribution in [0, 0.1) is 0 Å². The molecule has 0 aliphatic carbocycles. The highest BCUT2D eigenvalue weighted by atomic mass is 16.5. The highest BCUT2D eigenvalue weighted by molar-refractivity contribution is 6.36. The van der Waals surface area contributed by atoms with E-state index in [1.165, 1.54) is 5.56 Å². The first-order chi connectivity index (χ1) is 8.70. The highest BCUT2D eigenvalue weighted by Crippen LogP contribution is 2.35. The Morgan fingerprint density at radius 3 is 3.00 bits per heavy atom. The van der Waals surface area contributed by atoms with E-state index in [4.69, 9.17) is 4.74 Å². The van der Waals surface area contributed by atoms with Gasteiger partial charge in [-0.2, -0.15) is 5.10 Å². The van der Waals surface area contributed by atoms with E-state index in [1.807, 2.05) is 31.0 Å². The van der Waals surface area contributed by atoms with Crippen LogP contribution in [0.5, 0.6) is 0 Å². The fourth-order valence-electron chi connectivity index (χ4n) is 2.59. The first-order valence-corrected chi connectivity index (χ1v) is 6.36. The molecule has 94 valence electrons. The van der Waals surface area contributed by atoms with Crippen molar-refractivity contribution >= 4 is 17.4 Å². The predicted molar refractivity (Wildman–Crippen MR) is 69.7 cm³/mol. The number of carbonyl (C=O) groups is 1. The van der Waals surface area contributed by atoms with E-state index >= 15 is 0 Å². The highest BCUT2D eigenvalue weighted by Gasteiger charge is 2.38. The minimum Gasteiger partial charge on any atom is -0.456 e. The third-order valence-corrected chi connectivity index (χ3v) is 3.62. The Kier molecular flexibility index (Phi) is 2.58. The zero-order chi connectivity index (χ0) is 12.7. The van der Waals surface area contributed by atoms with Gasteiger partial charge in [-0.3, -0.25) is 5.01 Å². The van der Waals surface area contributed by atoms with Crippen LogP contribution < -0.4 is 5.01 Å². The molecule has 2 aliphatic rings. The van der Waals surface area contributed by atoms with Crippen LogP contribution in [0.25, 0.3) is 0 Å². The Morgan fingerprint density at radius 1 is 1.44 bits per heavy atom. The van der Waals surface area contributed by atoms with Gasteiger partial charge in [-0.1, -0.05) is 25.1 Å². The number of rotatable bonds is 1. The second kappa shape index (κ2) is 4.12. The molecule has 0 radical (unpaired) electrons. The molecule has 0 saturated heterocycles.